The lowest BCUT2D eigenvalue weighted by Gasteiger charge is -2.24. The molecule has 27 heavy (non-hydrogen) atoms. The van der Waals surface area contributed by atoms with Crippen LogP contribution in [-0.4, -0.2) is 47.2 Å². The molecule has 0 aromatic carbocycles. The zero-order valence-corrected chi connectivity index (χ0v) is 17.3. The lowest BCUT2D eigenvalue weighted by Crippen LogP contribution is -2.40. The van der Waals surface area contributed by atoms with Crippen LogP contribution < -0.4 is 5.56 Å². The van der Waals surface area contributed by atoms with E-state index in [1.165, 1.54) is 22.2 Å². The van der Waals surface area contributed by atoms with E-state index in [0.29, 0.717) is 35.8 Å². The maximum absolute atomic E-state index is 13.0. The number of thiophene rings is 2. The van der Waals surface area contributed by atoms with Gasteiger partial charge in [-0.1, -0.05) is 19.9 Å². The van der Waals surface area contributed by atoms with Gasteiger partial charge in [-0.05, 0) is 17.4 Å². The molecular formula is C19H23N3O3S2. The summed E-state index contributed by atoms with van der Waals surface area (Å²) in [5.41, 5.74) is 0.719. The molecule has 0 radical (unpaired) electrons. The quantitative estimate of drug-likeness (QED) is 0.577. The molecule has 0 atom stereocenters. The topological polar surface area (TPSA) is 64.4 Å². The van der Waals surface area contributed by atoms with Crippen LogP contribution in [0.1, 0.15) is 13.8 Å². The number of carbonyl (C=O) groups excluding carboxylic acids is 1. The van der Waals surface area contributed by atoms with Gasteiger partial charge in [0, 0.05) is 36.0 Å². The molecule has 0 saturated heterocycles. The van der Waals surface area contributed by atoms with Crippen molar-refractivity contribution in [1.29, 1.82) is 0 Å². The number of hydrogen-bond acceptors (Lipinski definition) is 6. The zero-order chi connectivity index (χ0) is 19.4. The van der Waals surface area contributed by atoms with Crippen molar-refractivity contribution in [3.63, 3.8) is 0 Å². The summed E-state index contributed by atoms with van der Waals surface area (Å²) in [6.07, 6.45) is 1.47. The highest BCUT2D eigenvalue weighted by Gasteiger charge is 2.18. The monoisotopic (exact) mass is 405 g/mol. The largest absolute Gasteiger partial charge is 0.383 e. The standard InChI is InChI=1S/C19H23N3O3S2/c1-13(2)9-21(6-7-25-3)16(23)10-22-12-20-18-17(19(22)24)14(11-27-18)15-5-4-8-26-15/h4-5,8,11-13H,6-7,9-10H2,1-3H3. The van der Waals surface area contributed by atoms with E-state index in [1.54, 1.807) is 23.3 Å². The molecule has 0 spiro atoms. The molecule has 0 bridgehead atoms. The van der Waals surface area contributed by atoms with Crippen molar-refractivity contribution in [2.24, 2.45) is 5.92 Å². The highest BCUT2D eigenvalue weighted by molar-refractivity contribution is 7.18. The van der Waals surface area contributed by atoms with Crippen molar-refractivity contribution in [2.75, 3.05) is 26.8 Å². The van der Waals surface area contributed by atoms with Gasteiger partial charge in [-0.2, -0.15) is 0 Å². The Balaban J connectivity index is 1.90. The molecule has 0 aliphatic rings. The molecule has 3 aromatic rings. The summed E-state index contributed by atoms with van der Waals surface area (Å²) in [6, 6.07) is 3.95. The number of carbonyl (C=O) groups is 1. The van der Waals surface area contributed by atoms with Crippen molar-refractivity contribution < 1.29 is 9.53 Å². The first-order valence-electron chi connectivity index (χ1n) is 8.78. The Morgan fingerprint density at radius 3 is 2.85 bits per heavy atom. The number of nitrogens with zero attached hydrogens (tertiary/aromatic N) is 3. The molecule has 0 unspecified atom stereocenters. The third-order valence-electron chi connectivity index (χ3n) is 4.16. The fourth-order valence-electron chi connectivity index (χ4n) is 2.90. The van der Waals surface area contributed by atoms with E-state index < -0.39 is 0 Å². The predicted octanol–water partition coefficient (Wildman–Crippen LogP) is 3.32. The molecule has 8 heteroatoms. The predicted molar refractivity (Wildman–Crippen MR) is 110 cm³/mol. The van der Waals surface area contributed by atoms with E-state index in [9.17, 15) is 9.59 Å². The number of amides is 1. The Kier molecular flexibility index (Phi) is 6.41. The van der Waals surface area contributed by atoms with Crippen LogP contribution in [0.5, 0.6) is 0 Å². The molecule has 144 valence electrons. The minimum Gasteiger partial charge on any atom is -0.383 e. The van der Waals surface area contributed by atoms with Gasteiger partial charge in [0.2, 0.25) is 5.91 Å². The van der Waals surface area contributed by atoms with Crippen molar-refractivity contribution >= 4 is 38.8 Å². The van der Waals surface area contributed by atoms with Gasteiger partial charge in [-0.25, -0.2) is 4.98 Å². The summed E-state index contributed by atoms with van der Waals surface area (Å²) in [5.74, 6) is 0.238. The fraction of sp³-hybridized carbons (Fsp3) is 0.421. The van der Waals surface area contributed by atoms with Gasteiger partial charge < -0.3 is 9.64 Å². The molecule has 0 fully saturated rings. The highest BCUT2D eigenvalue weighted by atomic mass is 32.1. The molecule has 6 nitrogen and oxygen atoms in total. The SMILES string of the molecule is COCCN(CC(C)C)C(=O)Cn1cnc2scc(-c3cccs3)c2c1=O. The van der Waals surface area contributed by atoms with Gasteiger partial charge in [-0.15, -0.1) is 22.7 Å². The summed E-state index contributed by atoms with van der Waals surface area (Å²) in [7, 11) is 1.61. The Morgan fingerprint density at radius 2 is 2.19 bits per heavy atom. The van der Waals surface area contributed by atoms with Crippen LogP contribution in [-0.2, 0) is 16.1 Å². The second-order valence-corrected chi connectivity index (χ2v) is 8.52. The maximum Gasteiger partial charge on any atom is 0.263 e. The summed E-state index contributed by atoms with van der Waals surface area (Å²) in [4.78, 5) is 33.7. The minimum atomic E-state index is -0.172. The Hall–Kier alpha value is -2.03. The first kappa shape index (κ1) is 19.7. The number of hydrogen-bond donors (Lipinski definition) is 0. The Labute approximate surface area is 166 Å². The van der Waals surface area contributed by atoms with E-state index in [4.69, 9.17) is 4.74 Å². The molecule has 3 rings (SSSR count). The molecule has 3 aromatic heterocycles. The fourth-order valence-corrected chi connectivity index (χ4v) is 4.62. The molecule has 0 aliphatic heterocycles. The lowest BCUT2D eigenvalue weighted by molar-refractivity contribution is -0.133. The third kappa shape index (κ3) is 4.45. The van der Waals surface area contributed by atoms with Gasteiger partial charge >= 0.3 is 0 Å². The Bertz CT molecular complexity index is 960. The molecule has 3 heterocycles. The van der Waals surface area contributed by atoms with Crippen LogP contribution >= 0.6 is 22.7 Å². The van der Waals surface area contributed by atoms with Crippen molar-refractivity contribution in [2.45, 2.75) is 20.4 Å². The molecule has 0 saturated carbocycles. The zero-order valence-electron chi connectivity index (χ0n) is 15.7. The van der Waals surface area contributed by atoms with Crippen LogP contribution in [0, 0.1) is 5.92 Å². The molecule has 0 aliphatic carbocycles. The van der Waals surface area contributed by atoms with Gasteiger partial charge in [0.15, 0.2) is 0 Å². The molecular weight excluding hydrogens is 382 g/mol. The second-order valence-electron chi connectivity index (χ2n) is 6.71. The smallest absolute Gasteiger partial charge is 0.263 e. The number of methoxy groups -OCH3 is 1. The number of ether oxygens (including phenoxy) is 1. The summed E-state index contributed by atoms with van der Waals surface area (Å²) in [6.45, 7) is 5.72. The average molecular weight is 406 g/mol. The summed E-state index contributed by atoms with van der Waals surface area (Å²) < 4.78 is 6.52. The Morgan fingerprint density at radius 1 is 1.37 bits per heavy atom. The van der Waals surface area contributed by atoms with Crippen LogP contribution in [0.4, 0.5) is 0 Å². The van der Waals surface area contributed by atoms with Crippen LogP contribution in [0.2, 0.25) is 0 Å². The van der Waals surface area contributed by atoms with Crippen molar-refractivity contribution in [3.8, 4) is 10.4 Å². The molecule has 0 N–H and O–H groups in total. The number of fused-ring (bicyclic) bond motifs is 1. The average Bonchev–Trinajstić information content (AvgIpc) is 3.29. The van der Waals surface area contributed by atoms with Gasteiger partial charge in [0.25, 0.3) is 5.56 Å². The van der Waals surface area contributed by atoms with Crippen molar-refractivity contribution in [1.82, 2.24) is 14.5 Å². The van der Waals surface area contributed by atoms with Crippen LogP contribution in [0.3, 0.4) is 0 Å². The van der Waals surface area contributed by atoms with Crippen molar-refractivity contribution in [3.05, 3.63) is 39.6 Å². The lowest BCUT2D eigenvalue weighted by atomic mass is 10.2. The number of aromatic nitrogens is 2. The first-order chi connectivity index (χ1) is 13.0. The minimum absolute atomic E-state index is 0.0159. The van der Waals surface area contributed by atoms with E-state index >= 15 is 0 Å². The van der Waals surface area contributed by atoms with E-state index in [1.807, 2.05) is 22.9 Å². The summed E-state index contributed by atoms with van der Waals surface area (Å²) in [5, 5.41) is 4.53. The van der Waals surface area contributed by atoms with Crippen LogP contribution in [0.25, 0.3) is 20.7 Å². The molecule has 1 amide bonds. The summed E-state index contributed by atoms with van der Waals surface area (Å²) >= 11 is 3.04. The van der Waals surface area contributed by atoms with Gasteiger partial charge in [0.05, 0.1) is 18.3 Å². The second kappa shape index (κ2) is 8.77. The normalized spacial score (nSPS) is 11.4. The van der Waals surface area contributed by atoms with E-state index in [0.717, 1.165) is 10.4 Å². The third-order valence-corrected chi connectivity index (χ3v) is 5.95. The first-order valence-corrected chi connectivity index (χ1v) is 10.5. The van der Waals surface area contributed by atoms with Crippen LogP contribution in [0.15, 0.2) is 34.0 Å². The number of rotatable bonds is 8. The van der Waals surface area contributed by atoms with Gasteiger partial charge in [0.1, 0.15) is 11.4 Å². The van der Waals surface area contributed by atoms with Gasteiger partial charge in [-0.3, -0.25) is 14.2 Å². The maximum atomic E-state index is 13.0. The van der Waals surface area contributed by atoms with E-state index in [2.05, 4.69) is 18.8 Å². The highest BCUT2D eigenvalue weighted by Crippen LogP contribution is 2.33. The van der Waals surface area contributed by atoms with E-state index in [-0.39, 0.29) is 18.0 Å².